The van der Waals surface area contributed by atoms with Crippen molar-refractivity contribution in [2.75, 3.05) is 21.3 Å². The zero-order valence-corrected chi connectivity index (χ0v) is 26.2. The fourth-order valence-electron chi connectivity index (χ4n) is 3.79. The van der Waals surface area contributed by atoms with Gasteiger partial charge in [-0.15, -0.1) is 0 Å². The lowest BCUT2D eigenvalue weighted by atomic mass is 10.0. The summed E-state index contributed by atoms with van der Waals surface area (Å²) in [7, 11) is 3.97. The van der Waals surface area contributed by atoms with Crippen LogP contribution in [-0.4, -0.2) is 68.7 Å². The third kappa shape index (κ3) is 12.1. The van der Waals surface area contributed by atoms with E-state index in [2.05, 4.69) is 10.6 Å². The number of benzene rings is 2. The minimum absolute atomic E-state index is 0.102. The molecule has 0 aliphatic rings. The van der Waals surface area contributed by atoms with Crippen molar-refractivity contribution in [3.8, 4) is 17.2 Å². The Hall–Kier alpha value is -4.48. The van der Waals surface area contributed by atoms with Gasteiger partial charge in [-0.2, -0.15) is 0 Å². The van der Waals surface area contributed by atoms with E-state index >= 15 is 0 Å². The first-order valence-electron chi connectivity index (χ1n) is 13.6. The molecule has 2 amide bonds. The van der Waals surface area contributed by atoms with E-state index in [4.69, 9.17) is 28.4 Å². The fraction of sp³-hybridized carbons (Fsp3) is 0.484. The molecule has 0 bridgehead atoms. The first-order chi connectivity index (χ1) is 20.0. The molecule has 0 aliphatic heterocycles. The van der Waals surface area contributed by atoms with Crippen molar-refractivity contribution in [2.45, 2.75) is 77.7 Å². The Bertz CT molecular complexity index is 1260. The summed E-state index contributed by atoms with van der Waals surface area (Å²) in [6.07, 6.45) is -1.22. The number of carbonyl (C=O) groups excluding carboxylic acids is 4. The normalized spacial score (nSPS) is 12.7. The van der Waals surface area contributed by atoms with Gasteiger partial charge >= 0.3 is 24.1 Å². The van der Waals surface area contributed by atoms with Gasteiger partial charge in [0.25, 0.3) is 0 Å². The Morgan fingerprint density at radius 2 is 1.09 bits per heavy atom. The van der Waals surface area contributed by atoms with Crippen LogP contribution in [-0.2, 0) is 41.4 Å². The maximum atomic E-state index is 12.4. The van der Waals surface area contributed by atoms with Gasteiger partial charge in [-0.1, -0.05) is 18.2 Å². The number of hydrogen-bond acceptors (Lipinski definition) is 10. The highest BCUT2D eigenvalue weighted by Gasteiger charge is 2.27. The molecule has 0 fully saturated rings. The number of hydrogen-bond donors (Lipinski definition) is 2. The fourth-order valence-corrected chi connectivity index (χ4v) is 3.79. The third-order valence-electron chi connectivity index (χ3n) is 5.61. The van der Waals surface area contributed by atoms with E-state index in [1.807, 2.05) is 0 Å². The zero-order chi connectivity index (χ0) is 32.4. The Balaban J connectivity index is 2.19. The number of amides is 2. The molecule has 0 radical (unpaired) electrons. The van der Waals surface area contributed by atoms with Gasteiger partial charge in [-0.25, -0.2) is 19.2 Å². The van der Waals surface area contributed by atoms with Crippen LogP contribution in [0.1, 0.15) is 52.7 Å². The molecule has 0 aliphatic carbocycles. The standard InChI is InChI=1S/C31H42N2O10/c1-30(2,3)42-28(36)32-22(26(34)39-8)16-19-10-13-21(14-11-19)41-25-18-20(12-15-24(25)38-7)17-23(27(35)40-9)33-29(37)43-31(4,5)6/h10-15,18,22-23H,16-17H2,1-9H3,(H,32,36)(H,33,37)/t22-,23-/m0/s1. The molecule has 12 heteroatoms. The third-order valence-corrected chi connectivity index (χ3v) is 5.61. The van der Waals surface area contributed by atoms with Gasteiger partial charge in [0.1, 0.15) is 29.0 Å². The summed E-state index contributed by atoms with van der Waals surface area (Å²) < 4.78 is 31.7. The van der Waals surface area contributed by atoms with Crippen molar-refractivity contribution >= 4 is 24.1 Å². The predicted molar refractivity (Wildman–Crippen MR) is 157 cm³/mol. The van der Waals surface area contributed by atoms with Gasteiger partial charge in [0, 0.05) is 12.8 Å². The number of carbonyl (C=O) groups is 4. The van der Waals surface area contributed by atoms with Gasteiger partial charge in [0.2, 0.25) is 0 Å². The van der Waals surface area contributed by atoms with Crippen LogP contribution in [0.2, 0.25) is 0 Å². The summed E-state index contributed by atoms with van der Waals surface area (Å²) >= 11 is 0. The highest BCUT2D eigenvalue weighted by atomic mass is 16.6. The molecule has 2 rings (SSSR count). The molecule has 43 heavy (non-hydrogen) atoms. The van der Waals surface area contributed by atoms with E-state index in [9.17, 15) is 19.2 Å². The lowest BCUT2D eigenvalue weighted by molar-refractivity contribution is -0.143. The molecule has 0 saturated heterocycles. The number of esters is 2. The number of alkyl carbamates (subject to hydrolysis) is 2. The number of ether oxygens (including phenoxy) is 6. The van der Waals surface area contributed by atoms with Crippen molar-refractivity contribution in [3.05, 3.63) is 53.6 Å². The van der Waals surface area contributed by atoms with E-state index in [0.717, 1.165) is 5.56 Å². The molecule has 0 unspecified atom stereocenters. The molecule has 2 aromatic carbocycles. The first kappa shape index (κ1) is 34.7. The molecule has 236 valence electrons. The zero-order valence-electron chi connectivity index (χ0n) is 26.2. The molecule has 12 nitrogen and oxygen atoms in total. The van der Waals surface area contributed by atoms with Crippen LogP contribution in [0.3, 0.4) is 0 Å². The average molecular weight is 603 g/mol. The van der Waals surface area contributed by atoms with Crippen molar-refractivity contribution < 1.29 is 47.6 Å². The van der Waals surface area contributed by atoms with Crippen LogP contribution in [0.15, 0.2) is 42.5 Å². The lowest BCUT2D eigenvalue weighted by Gasteiger charge is -2.23. The average Bonchev–Trinajstić information content (AvgIpc) is 2.90. The minimum atomic E-state index is -1.00. The van der Waals surface area contributed by atoms with E-state index in [-0.39, 0.29) is 12.8 Å². The van der Waals surface area contributed by atoms with E-state index in [0.29, 0.717) is 22.8 Å². The van der Waals surface area contributed by atoms with Crippen LogP contribution in [0.25, 0.3) is 0 Å². The summed E-state index contributed by atoms with van der Waals surface area (Å²) in [6.45, 7) is 10.3. The SMILES string of the molecule is COC(=O)[C@H](Cc1ccc(Oc2cc(C[C@H](NC(=O)OC(C)(C)C)C(=O)OC)ccc2OC)cc1)NC(=O)OC(C)(C)C. The number of nitrogens with one attached hydrogen (secondary N) is 2. The van der Waals surface area contributed by atoms with Gasteiger partial charge in [0.15, 0.2) is 11.5 Å². The summed E-state index contributed by atoms with van der Waals surface area (Å²) in [4.78, 5) is 49.2. The lowest BCUT2D eigenvalue weighted by Crippen LogP contribution is -2.45. The highest BCUT2D eigenvalue weighted by molar-refractivity contribution is 5.82. The summed E-state index contributed by atoms with van der Waals surface area (Å²) in [6, 6.07) is 10.0. The van der Waals surface area contributed by atoms with Crippen LogP contribution < -0.4 is 20.1 Å². The molecule has 0 spiro atoms. The second-order valence-electron chi connectivity index (χ2n) is 11.6. The van der Waals surface area contributed by atoms with E-state index in [1.54, 1.807) is 84.0 Å². The summed E-state index contributed by atoms with van der Waals surface area (Å²) in [5.74, 6) is 0.0261. The Labute approximate surface area is 252 Å². The van der Waals surface area contributed by atoms with Crippen molar-refractivity contribution in [3.63, 3.8) is 0 Å². The quantitative estimate of drug-likeness (QED) is 0.274. The van der Waals surface area contributed by atoms with Crippen molar-refractivity contribution in [1.82, 2.24) is 10.6 Å². The Morgan fingerprint density at radius 1 is 0.651 bits per heavy atom. The first-order valence-corrected chi connectivity index (χ1v) is 13.6. The second kappa shape index (κ2) is 15.1. The monoisotopic (exact) mass is 602 g/mol. The topological polar surface area (TPSA) is 148 Å². The summed E-state index contributed by atoms with van der Waals surface area (Å²) in [5.41, 5.74) is -0.0747. The van der Waals surface area contributed by atoms with Gasteiger partial charge in [-0.3, -0.25) is 0 Å². The van der Waals surface area contributed by atoms with Crippen LogP contribution in [0.4, 0.5) is 9.59 Å². The molecule has 0 saturated carbocycles. The van der Waals surface area contributed by atoms with Crippen molar-refractivity contribution in [1.29, 1.82) is 0 Å². The van der Waals surface area contributed by atoms with Crippen LogP contribution >= 0.6 is 0 Å². The molecule has 2 aromatic rings. The molecule has 2 atom stereocenters. The van der Waals surface area contributed by atoms with Gasteiger partial charge in [-0.05, 0) is 76.9 Å². The molecular weight excluding hydrogens is 560 g/mol. The van der Waals surface area contributed by atoms with Gasteiger partial charge in [0.05, 0.1) is 21.3 Å². The highest BCUT2D eigenvalue weighted by Crippen LogP contribution is 2.33. The predicted octanol–water partition coefficient (Wildman–Crippen LogP) is 4.71. The van der Waals surface area contributed by atoms with Crippen molar-refractivity contribution in [2.24, 2.45) is 0 Å². The van der Waals surface area contributed by atoms with E-state index in [1.165, 1.54) is 21.3 Å². The Morgan fingerprint density at radius 3 is 1.51 bits per heavy atom. The molecular formula is C31H42N2O10. The minimum Gasteiger partial charge on any atom is -0.493 e. The maximum absolute atomic E-state index is 12.4. The molecule has 0 aromatic heterocycles. The number of rotatable bonds is 11. The van der Waals surface area contributed by atoms with Crippen LogP contribution in [0.5, 0.6) is 17.2 Å². The van der Waals surface area contributed by atoms with E-state index < -0.39 is 47.4 Å². The van der Waals surface area contributed by atoms with Gasteiger partial charge < -0.3 is 39.1 Å². The number of methoxy groups -OCH3 is 3. The molecule has 0 heterocycles. The summed E-state index contributed by atoms with van der Waals surface area (Å²) in [5, 5.41) is 5.10. The largest absolute Gasteiger partial charge is 0.493 e. The Kier molecular flexibility index (Phi) is 12.2. The molecule has 2 N–H and O–H groups in total. The smallest absolute Gasteiger partial charge is 0.408 e. The maximum Gasteiger partial charge on any atom is 0.408 e. The van der Waals surface area contributed by atoms with Crippen LogP contribution in [0, 0.1) is 0 Å². The second-order valence-corrected chi connectivity index (χ2v) is 11.6.